The van der Waals surface area contributed by atoms with Crippen molar-refractivity contribution in [3.63, 3.8) is 0 Å². The Morgan fingerprint density at radius 2 is 2.04 bits per heavy atom. The van der Waals surface area contributed by atoms with Crippen molar-refractivity contribution in [2.75, 3.05) is 13.1 Å². The molecule has 0 radical (unpaired) electrons. The number of carbonyl (C=O) groups excluding carboxylic acids is 1. The Hall–Kier alpha value is -2.10. The Labute approximate surface area is 138 Å². The number of nitrogens with zero attached hydrogens (tertiary/aromatic N) is 3. The number of carboxylic acid groups (broad SMARTS) is 1. The second kappa shape index (κ2) is 5.47. The number of halogens is 3. The average molecular weight is 361 g/mol. The Balaban J connectivity index is 1.89. The number of alkyl halides is 3. The molecule has 2 aromatic rings. The van der Waals surface area contributed by atoms with Gasteiger partial charge in [0.1, 0.15) is 4.83 Å². The van der Waals surface area contributed by atoms with E-state index in [9.17, 15) is 22.8 Å². The molecule has 6 nitrogen and oxygen atoms in total. The minimum atomic E-state index is -4.65. The molecule has 24 heavy (non-hydrogen) atoms. The Bertz CT molecular complexity index is 792. The number of carbonyl (C=O) groups is 2. The number of aromatic nitrogens is 2. The van der Waals surface area contributed by atoms with E-state index < -0.39 is 43.0 Å². The number of aliphatic carboxylic acids is 1. The van der Waals surface area contributed by atoms with Crippen LogP contribution >= 0.6 is 11.3 Å². The van der Waals surface area contributed by atoms with Gasteiger partial charge in [-0.15, -0.1) is 11.3 Å². The van der Waals surface area contributed by atoms with Gasteiger partial charge in [0.25, 0.3) is 5.91 Å². The Morgan fingerprint density at radius 3 is 2.54 bits per heavy atom. The van der Waals surface area contributed by atoms with E-state index in [0.717, 1.165) is 32.1 Å². The number of rotatable bonds is 2. The minimum Gasteiger partial charge on any atom is -0.481 e. The normalized spacial score (nSPS) is 21.6. The summed E-state index contributed by atoms with van der Waals surface area (Å²) in [5.41, 5.74) is 0.723. The van der Waals surface area contributed by atoms with Gasteiger partial charge in [0.2, 0.25) is 0 Å². The zero-order valence-electron chi connectivity index (χ0n) is 12.8. The number of likely N-dealkylation sites (tertiary alicyclic amines) is 1. The molecule has 1 saturated heterocycles. The molecule has 1 N–H and O–H groups in total. The van der Waals surface area contributed by atoms with Gasteiger partial charge in [0.15, 0.2) is 0 Å². The Morgan fingerprint density at radius 1 is 1.38 bits per heavy atom. The molecular weight excluding hydrogens is 347 g/mol. The molecule has 0 aliphatic carbocycles. The van der Waals surface area contributed by atoms with Gasteiger partial charge in [-0.2, -0.15) is 18.3 Å². The first kappa shape index (κ1) is 16.7. The molecule has 3 heterocycles. The van der Waals surface area contributed by atoms with Crippen molar-refractivity contribution in [2.45, 2.75) is 13.1 Å². The van der Waals surface area contributed by atoms with Crippen molar-refractivity contribution in [3.05, 3.63) is 16.6 Å². The highest BCUT2D eigenvalue weighted by atomic mass is 32.1. The van der Waals surface area contributed by atoms with E-state index in [4.69, 9.17) is 5.11 Å². The summed E-state index contributed by atoms with van der Waals surface area (Å²) in [6.45, 7) is 0.702. The monoisotopic (exact) mass is 361 g/mol. The first-order valence-electron chi connectivity index (χ1n) is 7.11. The predicted octanol–water partition coefficient (Wildman–Crippen LogP) is 2.28. The largest absolute Gasteiger partial charge is 0.481 e. The quantitative estimate of drug-likeness (QED) is 0.890. The summed E-state index contributed by atoms with van der Waals surface area (Å²) < 4.78 is 40.7. The van der Waals surface area contributed by atoms with E-state index in [1.165, 1.54) is 0 Å². The number of amides is 1. The van der Waals surface area contributed by atoms with Crippen LogP contribution < -0.4 is 0 Å². The zero-order chi connectivity index (χ0) is 17.8. The van der Waals surface area contributed by atoms with Crippen LogP contribution in [0, 0.1) is 18.8 Å². The van der Waals surface area contributed by atoms with Crippen LogP contribution in [0.1, 0.15) is 15.4 Å². The maximum Gasteiger partial charge on any atom is 0.394 e. The number of carboxylic acids is 1. The van der Waals surface area contributed by atoms with Gasteiger partial charge in [0.05, 0.1) is 22.4 Å². The zero-order valence-corrected chi connectivity index (χ0v) is 13.6. The summed E-state index contributed by atoms with van der Waals surface area (Å²) >= 11 is 1.14. The van der Waals surface area contributed by atoms with Crippen LogP contribution in [0.5, 0.6) is 0 Å². The van der Waals surface area contributed by atoms with Crippen LogP contribution in [-0.2, 0) is 11.8 Å². The average Bonchev–Trinajstić information content (AvgIpc) is 3.15. The molecule has 1 aliphatic rings. The van der Waals surface area contributed by atoms with Gasteiger partial charge < -0.3 is 10.0 Å². The standard InChI is InChI=1S/C14H14F3N3O3S/c1-6-7-3-10(24-12(7)19(2)18-6)11(21)20-4-8(13(22)23)9(5-20)14(15,16)17/h3,8-9H,4-5H2,1-2H3,(H,22,23)/t8-,9-/m1/s1. The molecule has 10 heteroatoms. The minimum absolute atomic E-state index is 0.285. The number of hydrogen-bond acceptors (Lipinski definition) is 4. The van der Waals surface area contributed by atoms with Crippen molar-refractivity contribution in [2.24, 2.45) is 18.9 Å². The van der Waals surface area contributed by atoms with E-state index >= 15 is 0 Å². The van der Waals surface area contributed by atoms with Gasteiger partial charge in [0, 0.05) is 25.5 Å². The Kier molecular flexibility index (Phi) is 3.82. The van der Waals surface area contributed by atoms with Crippen molar-refractivity contribution < 1.29 is 27.9 Å². The molecule has 130 valence electrons. The molecule has 1 amide bonds. The maximum absolute atomic E-state index is 13.0. The third-order valence-corrected chi connectivity index (χ3v) is 5.44. The third kappa shape index (κ3) is 2.64. The summed E-state index contributed by atoms with van der Waals surface area (Å²) in [5, 5.41) is 14.0. The number of thiophene rings is 1. The van der Waals surface area contributed by atoms with Crippen molar-refractivity contribution in [1.29, 1.82) is 0 Å². The van der Waals surface area contributed by atoms with Crippen LogP contribution in [-0.4, -0.2) is 50.9 Å². The third-order valence-electron chi connectivity index (χ3n) is 4.25. The fraction of sp³-hybridized carbons (Fsp3) is 0.500. The number of aryl methyl sites for hydroxylation is 2. The predicted molar refractivity (Wildman–Crippen MR) is 79.9 cm³/mol. The molecule has 1 fully saturated rings. The molecule has 2 atom stereocenters. The molecule has 3 rings (SSSR count). The van der Waals surface area contributed by atoms with Gasteiger partial charge in [-0.1, -0.05) is 0 Å². The highest BCUT2D eigenvalue weighted by Crippen LogP contribution is 2.39. The van der Waals surface area contributed by atoms with Crippen LogP contribution in [0.2, 0.25) is 0 Å². The molecular formula is C14H14F3N3O3S. The van der Waals surface area contributed by atoms with Gasteiger partial charge in [-0.05, 0) is 13.0 Å². The summed E-state index contributed by atoms with van der Waals surface area (Å²) in [7, 11) is 1.72. The van der Waals surface area contributed by atoms with Crippen molar-refractivity contribution >= 4 is 33.4 Å². The lowest BCUT2D eigenvalue weighted by Gasteiger charge is -2.18. The highest BCUT2D eigenvalue weighted by Gasteiger charge is 2.53. The number of fused-ring (bicyclic) bond motifs is 1. The van der Waals surface area contributed by atoms with Gasteiger partial charge >= 0.3 is 12.1 Å². The molecule has 0 saturated carbocycles. The van der Waals surface area contributed by atoms with E-state index in [1.807, 2.05) is 0 Å². The summed E-state index contributed by atoms with van der Waals surface area (Å²) in [5.74, 6) is -5.79. The van der Waals surface area contributed by atoms with Crippen molar-refractivity contribution in [1.82, 2.24) is 14.7 Å². The fourth-order valence-electron chi connectivity index (χ4n) is 3.02. The van der Waals surface area contributed by atoms with E-state index in [0.29, 0.717) is 0 Å². The first-order chi connectivity index (χ1) is 11.1. The summed E-state index contributed by atoms with van der Waals surface area (Å²) in [6, 6.07) is 1.60. The molecule has 0 spiro atoms. The number of hydrogen-bond donors (Lipinski definition) is 1. The molecule has 2 aromatic heterocycles. The van der Waals surface area contributed by atoms with Crippen LogP contribution in [0.25, 0.3) is 10.2 Å². The highest BCUT2D eigenvalue weighted by molar-refractivity contribution is 7.20. The SMILES string of the molecule is Cc1nn(C)c2sc(C(=O)N3C[C@@H](C(F)(F)F)[C@H](C(=O)O)C3)cc12. The second-order valence-electron chi connectivity index (χ2n) is 5.84. The molecule has 1 aliphatic heterocycles. The summed E-state index contributed by atoms with van der Waals surface area (Å²) in [6.07, 6.45) is -4.65. The maximum atomic E-state index is 13.0. The lowest BCUT2D eigenvalue weighted by molar-refractivity contribution is -0.187. The summed E-state index contributed by atoms with van der Waals surface area (Å²) in [4.78, 5) is 25.6. The second-order valence-corrected chi connectivity index (χ2v) is 6.87. The van der Waals surface area contributed by atoms with E-state index in [2.05, 4.69) is 5.10 Å². The topological polar surface area (TPSA) is 75.4 Å². The van der Waals surface area contributed by atoms with Gasteiger partial charge in [-0.3, -0.25) is 14.3 Å². The smallest absolute Gasteiger partial charge is 0.394 e. The van der Waals surface area contributed by atoms with E-state index in [1.54, 1.807) is 24.7 Å². The molecule has 0 bridgehead atoms. The fourth-order valence-corrected chi connectivity index (χ4v) is 4.11. The van der Waals surface area contributed by atoms with Crippen LogP contribution in [0.3, 0.4) is 0 Å². The molecule has 0 aromatic carbocycles. The van der Waals surface area contributed by atoms with Crippen molar-refractivity contribution in [3.8, 4) is 0 Å². The molecule has 0 unspecified atom stereocenters. The lowest BCUT2D eigenvalue weighted by atomic mass is 9.96. The first-order valence-corrected chi connectivity index (χ1v) is 7.93. The van der Waals surface area contributed by atoms with Crippen LogP contribution in [0.15, 0.2) is 6.07 Å². The van der Waals surface area contributed by atoms with E-state index in [-0.39, 0.29) is 4.88 Å². The van der Waals surface area contributed by atoms with Crippen LogP contribution in [0.4, 0.5) is 13.2 Å². The lowest BCUT2D eigenvalue weighted by Crippen LogP contribution is -2.34. The van der Waals surface area contributed by atoms with Gasteiger partial charge in [-0.25, -0.2) is 0 Å².